The molecule has 1 atom stereocenters. The molecule has 0 aliphatic carbocycles. The van der Waals surface area contributed by atoms with Gasteiger partial charge in [-0.2, -0.15) is 0 Å². The average molecular weight is 368 g/mol. The molecule has 136 valence electrons. The van der Waals surface area contributed by atoms with E-state index in [0.29, 0.717) is 37.2 Å². The molecule has 0 saturated carbocycles. The number of benzene rings is 1. The molecule has 8 nitrogen and oxygen atoms in total. The molecule has 2 aliphatic rings. The van der Waals surface area contributed by atoms with Crippen molar-refractivity contribution >= 4 is 27.6 Å². The van der Waals surface area contributed by atoms with Crippen molar-refractivity contribution in [2.45, 2.75) is 18.9 Å². The maximum absolute atomic E-state index is 12.8. The maximum Gasteiger partial charge on any atom is 0.328 e. The number of nitrogens with zero attached hydrogens (tertiary/aromatic N) is 2. The summed E-state index contributed by atoms with van der Waals surface area (Å²) < 4.78 is 30.3. The molecular formula is C16H20N2O6S. The number of sulfonamides is 1. The molecule has 0 spiro atoms. The van der Waals surface area contributed by atoms with Crippen LogP contribution in [0.1, 0.15) is 22.3 Å². The molecule has 3 rings (SSSR count). The van der Waals surface area contributed by atoms with Gasteiger partial charge in [-0.3, -0.25) is 9.10 Å². The summed E-state index contributed by atoms with van der Waals surface area (Å²) in [5, 5.41) is 9.27. The molecule has 1 N–H and O–H groups in total. The van der Waals surface area contributed by atoms with Gasteiger partial charge in [-0.1, -0.05) is 0 Å². The molecule has 0 bridgehead atoms. The number of rotatable bonds is 3. The largest absolute Gasteiger partial charge is 0.480 e. The number of aliphatic carboxylic acids is 1. The number of morpholine rings is 1. The third-order valence-electron chi connectivity index (χ3n) is 4.48. The van der Waals surface area contributed by atoms with E-state index in [-0.39, 0.29) is 19.1 Å². The van der Waals surface area contributed by atoms with Crippen molar-refractivity contribution in [3.05, 3.63) is 29.3 Å². The molecule has 2 aliphatic heterocycles. The Balaban J connectivity index is 1.91. The molecule has 1 saturated heterocycles. The van der Waals surface area contributed by atoms with Crippen LogP contribution in [-0.4, -0.2) is 68.9 Å². The van der Waals surface area contributed by atoms with Gasteiger partial charge in [0.05, 0.1) is 25.2 Å². The number of amides is 1. The van der Waals surface area contributed by atoms with Gasteiger partial charge in [-0.05, 0) is 36.6 Å². The lowest BCUT2D eigenvalue weighted by atomic mass is 10.00. The van der Waals surface area contributed by atoms with Crippen molar-refractivity contribution in [3.63, 3.8) is 0 Å². The highest BCUT2D eigenvalue weighted by molar-refractivity contribution is 7.92. The zero-order chi connectivity index (χ0) is 18.2. The number of carbonyl (C=O) groups excluding carboxylic acids is 1. The topological polar surface area (TPSA) is 104 Å². The molecule has 0 aromatic heterocycles. The van der Waals surface area contributed by atoms with Gasteiger partial charge in [-0.15, -0.1) is 0 Å². The summed E-state index contributed by atoms with van der Waals surface area (Å²) in [7, 11) is -3.37. The number of carbonyl (C=O) groups is 2. The summed E-state index contributed by atoms with van der Waals surface area (Å²) in [6.07, 6.45) is 2.51. The zero-order valence-electron chi connectivity index (χ0n) is 13.8. The summed E-state index contributed by atoms with van der Waals surface area (Å²) in [6.45, 7) is 0.891. The summed E-state index contributed by atoms with van der Waals surface area (Å²) >= 11 is 0. The number of aryl methyl sites for hydroxylation is 1. The van der Waals surface area contributed by atoms with E-state index in [1.54, 1.807) is 18.2 Å². The fourth-order valence-electron chi connectivity index (χ4n) is 3.26. The van der Waals surface area contributed by atoms with Crippen LogP contribution in [-0.2, 0) is 26.0 Å². The van der Waals surface area contributed by atoms with E-state index < -0.39 is 22.0 Å². The second-order valence-electron chi connectivity index (χ2n) is 6.21. The van der Waals surface area contributed by atoms with Crippen LogP contribution in [0.3, 0.4) is 0 Å². The van der Waals surface area contributed by atoms with Crippen LogP contribution in [0, 0.1) is 0 Å². The third kappa shape index (κ3) is 3.47. The third-order valence-corrected chi connectivity index (χ3v) is 5.66. The molecule has 1 fully saturated rings. The Morgan fingerprint density at radius 3 is 2.72 bits per heavy atom. The molecular weight excluding hydrogens is 348 g/mol. The first-order valence-electron chi connectivity index (χ1n) is 8.01. The van der Waals surface area contributed by atoms with E-state index in [1.165, 1.54) is 9.21 Å². The van der Waals surface area contributed by atoms with Crippen molar-refractivity contribution in [2.24, 2.45) is 0 Å². The first-order chi connectivity index (χ1) is 11.8. The molecule has 2 heterocycles. The Morgan fingerprint density at radius 1 is 1.28 bits per heavy atom. The van der Waals surface area contributed by atoms with Gasteiger partial charge in [0.1, 0.15) is 0 Å². The number of carboxylic acid groups (broad SMARTS) is 1. The number of hydrogen-bond donors (Lipinski definition) is 1. The van der Waals surface area contributed by atoms with Gasteiger partial charge >= 0.3 is 5.97 Å². The highest BCUT2D eigenvalue weighted by atomic mass is 32.2. The van der Waals surface area contributed by atoms with Crippen LogP contribution in [0.2, 0.25) is 0 Å². The Kier molecular flexibility index (Phi) is 4.70. The van der Waals surface area contributed by atoms with Gasteiger partial charge in [0.25, 0.3) is 5.91 Å². The van der Waals surface area contributed by atoms with Gasteiger partial charge in [0.15, 0.2) is 6.04 Å². The van der Waals surface area contributed by atoms with E-state index in [9.17, 15) is 23.1 Å². The monoisotopic (exact) mass is 368 g/mol. The van der Waals surface area contributed by atoms with Gasteiger partial charge in [-0.25, -0.2) is 13.2 Å². The van der Waals surface area contributed by atoms with Gasteiger partial charge in [0.2, 0.25) is 10.0 Å². The number of fused-ring (bicyclic) bond motifs is 1. The van der Waals surface area contributed by atoms with Crippen LogP contribution < -0.4 is 4.31 Å². The first kappa shape index (κ1) is 17.7. The standard InChI is InChI=1S/C16H20N2O6S/c1-25(22,23)18-6-2-3-11-9-12(4-5-13(11)18)15(19)17-7-8-24-10-14(17)16(20)21/h4-5,9,14H,2-3,6-8,10H2,1H3,(H,20,21). The van der Waals surface area contributed by atoms with Crippen LogP contribution in [0.4, 0.5) is 5.69 Å². The number of ether oxygens (including phenoxy) is 1. The Bertz CT molecular complexity index is 807. The summed E-state index contributed by atoms with van der Waals surface area (Å²) in [4.78, 5) is 25.4. The second kappa shape index (κ2) is 6.64. The smallest absolute Gasteiger partial charge is 0.328 e. The minimum Gasteiger partial charge on any atom is -0.480 e. The van der Waals surface area contributed by atoms with E-state index in [2.05, 4.69) is 0 Å². The van der Waals surface area contributed by atoms with Crippen molar-refractivity contribution in [1.29, 1.82) is 0 Å². The lowest BCUT2D eigenvalue weighted by Gasteiger charge is -2.33. The van der Waals surface area contributed by atoms with Gasteiger partial charge in [0, 0.05) is 18.7 Å². The summed E-state index contributed by atoms with van der Waals surface area (Å²) in [6, 6.07) is 3.84. The molecule has 9 heteroatoms. The average Bonchev–Trinajstić information content (AvgIpc) is 2.59. The zero-order valence-corrected chi connectivity index (χ0v) is 14.7. The SMILES string of the molecule is CS(=O)(=O)N1CCCc2cc(C(=O)N3CCOCC3C(=O)O)ccc21. The van der Waals surface area contributed by atoms with E-state index in [0.717, 1.165) is 11.8 Å². The number of hydrogen-bond acceptors (Lipinski definition) is 5. The van der Waals surface area contributed by atoms with Crippen LogP contribution in [0.25, 0.3) is 0 Å². The Labute approximate surface area is 146 Å². The molecule has 1 aromatic carbocycles. The molecule has 1 aromatic rings. The minimum atomic E-state index is -3.37. The van der Waals surface area contributed by atoms with Crippen LogP contribution in [0.15, 0.2) is 18.2 Å². The second-order valence-corrected chi connectivity index (χ2v) is 8.12. The van der Waals surface area contributed by atoms with Crippen molar-refractivity contribution in [3.8, 4) is 0 Å². The van der Waals surface area contributed by atoms with Gasteiger partial charge < -0.3 is 14.7 Å². The Hall–Kier alpha value is -2.13. The predicted octanol–water partition coefficient (Wildman–Crippen LogP) is 0.324. The highest BCUT2D eigenvalue weighted by Gasteiger charge is 2.34. The predicted molar refractivity (Wildman–Crippen MR) is 90.2 cm³/mol. The Morgan fingerprint density at radius 2 is 2.04 bits per heavy atom. The van der Waals surface area contributed by atoms with Crippen LogP contribution in [0.5, 0.6) is 0 Å². The van der Waals surface area contributed by atoms with E-state index >= 15 is 0 Å². The molecule has 1 amide bonds. The van der Waals surface area contributed by atoms with E-state index in [1.807, 2.05) is 0 Å². The van der Waals surface area contributed by atoms with Crippen molar-refractivity contribution < 1.29 is 27.9 Å². The fraction of sp³-hybridized carbons (Fsp3) is 0.500. The van der Waals surface area contributed by atoms with Crippen molar-refractivity contribution in [2.75, 3.05) is 36.9 Å². The molecule has 0 radical (unpaired) electrons. The molecule has 1 unspecified atom stereocenters. The first-order valence-corrected chi connectivity index (χ1v) is 9.86. The quantitative estimate of drug-likeness (QED) is 0.824. The normalized spacial score (nSPS) is 20.9. The van der Waals surface area contributed by atoms with E-state index in [4.69, 9.17) is 4.74 Å². The lowest BCUT2D eigenvalue weighted by molar-refractivity contribution is -0.147. The highest BCUT2D eigenvalue weighted by Crippen LogP contribution is 2.30. The number of anilines is 1. The van der Waals surface area contributed by atoms with Crippen LogP contribution >= 0.6 is 0 Å². The maximum atomic E-state index is 12.8. The van der Waals surface area contributed by atoms with Crippen molar-refractivity contribution in [1.82, 2.24) is 4.90 Å². The molecule has 25 heavy (non-hydrogen) atoms. The number of carboxylic acids is 1. The lowest BCUT2D eigenvalue weighted by Crippen LogP contribution is -2.52. The summed E-state index contributed by atoms with van der Waals surface area (Å²) in [5.41, 5.74) is 1.73. The fourth-order valence-corrected chi connectivity index (χ4v) is 4.25. The summed E-state index contributed by atoms with van der Waals surface area (Å²) in [5.74, 6) is -1.48. The minimum absolute atomic E-state index is 0.0339.